The molecule has 5 heteroatoms. The topological polar surface area (TPSA) is 52.3 Å². The van der Waals surface area contributed by atoms with Crippen molar-refractivity contribution in [1.29, 1.82) is 0 Å². The van der Waals surface area contributed by atoms with Crippen LogP contribution in [0.25, 0.3) is 5.57 Å². The summed E-state index contributed by atoms with van der Waals surface area (Å²) in [7, 11) is 0. The Balaban J connectivity index is 1.65. The Bertz CT molecular complexity index is 772. The Kier molecular flexibility index (Phi) is 4.79. The summed E-state index contributed by atoms with van der Waals surface area (Å²) in [6.07, 6.45) is 10.3. The molecule has 1 aromatic carbocycles. The van der Waals surface area contributed by atoms with Crippen LogP contribution >= 0.6 is 0 Å². The second kappa shape index (κ2) is 7.22. The van der Waals surface area contributed by atoms with Gasteiger partial charge in [-0.15, -0.1) is 0 Å². The van der Waals surface area contributed by atoms with E-state index in [9.17, 15) is 14.3 Å². The molecule has 2 saturated carbocycles. The largest absolute Gasteiger partial charge is 0.459 e. The lowest BCUT2D eigenvalue weighted by molar-refractivity contribution is -0.456. The molecule has 3 aliphatic rings. The number of carbonyl (C=O) groups is 1. The molecule has 1 aromatic rings. The molecule has 1 amide bonds. The quantitative estimate of drug-likeness (QED) is 0.630. The molecule has 0 atom stereocenters. The SMILES string of the molecule is O=C(/C=C1/C(O)=[N+](CC2CCCC2)c2c(F)cccc21)NC1CCCC1. The van der Waals surface area contributed by atoms with Crippen LogP contribution in [0.1, 0.15) is 56.9 Å². The minimum Gasteiger partial charge on any atom is -0.459 e. The first kappa shape index (κ1) is 17.3. The van der Waals surface area contributed by atoms with Crippen LogP contribution in [0.2, 0.25) is 0 Å². The highest BCUT2D eigenvalue weighted by Gasteiger charge is 2.39. The third-order valence-electron chi connectivity index (χ3n) is 5.94. The van der Waals surface area contributed by atoms with Gasteiger partial charge >= 0.3 is 5.90 Å². The highest BCUT2D eigenvalue weighted by molar-refractivity contribution is 6.24. The van der Waals surface area contributed by atoms with Crippen molar-refractivity contribution in [3.05, 3.63) is 35.7 Å². The number of aliphatic hydroxyl groups excluding tert-OH is 1. The van der Waals surface area contributed by atoms with Gasteiger partial charge in [-0.05, 0) is 37.8 Å². The number of aliphatic hydroxyl groups is 1. The van der Waals surface area contributed by atoms with E-state index in [2.05, 4.69) is 5.32 Å². The summed E-state index contributed by atoms with van der Waals surface area (Å²) >= 11 is 0. The number of fused-ring (bicyclic) bond motifs is 1. The van der Waals surface area contributed by atoms with E-state index >= 15 is 0 Å². The maximum Gasteiger partial charge on any atom is 0.374 e. The average Bonchev–Trinajstić information content (AvgIpc) is 3.35. The molecule has 0 aromatic heterocycles. The van der Waals surface area contributed by atoms with Crippen LogP contribution in [0.15, 0.2) is 24.3 Å². The number of nitrogens with one attached hydrogen (secondary N) is 1. The molecule has 0 bridgehead atoms. The normalized spacial score (nSPS) is 22.4. The van der Waals surface area contributed by atoms with Gasteiger partial charge in [0.1, 0.15) is 5.57 Å². The second-order valence-corrected chi connectivity index (χ2v) is 7.77. The van der Waals surface area contributed by atoms with Crippen LogP contribution in [0.4, 0.5) is 10.1 Å². The van der Waals surface area contributed by atoms with Gasteiger partial charge in [-0.25, -0.2) is 0 Å². The molecule has 0 unspecified atom stereocenters. The van der Waals surface area contributed by atoms with Gasteiger partial charge in [-0.3, -0.25) is 4.79 Å². The predicted molar refractivity (Wildman–Crippen MR) is 99.2 cm³/mol. The average molecular weight is 357 g/mol. The van der Waals surface area contributed by atoms with Gasteiger partial charge in [-0.1, -0.05) is 31.7 Å². The Morgan fingerprint density at radius 2 is 1.88 bits per heavy atom. The van der Waals surface area contributed by atoms with Crippen molar-refractivity contribution in [3.63, 3.8) is 0 Å². The van der Waals surface area contributed by atoms with Crippen LogP contribution in [0, 0.1) is 11.7 Å². The lowest BCUT2D eigenvalue weighted by Crippen LogP contribution is -2.31. The molecular weight excluding hydrogens is 331 g/mol. The van der Waals surface area contributed by atoms with Crippen molar-refractivity contribution < 1.29 is 18.9 Å². The Morgan fingerprint density at radius 1 is 1.19 bits per heavy atom. The summed E-state index contributed by atoms with van der Waals surface area (Å²) < 4.78 is 16.2. The van der Waals surface area contributed by atoms with E-state index in [-0.39, 0.29) is 23.7 Å². The third kappa shape index (κ3) is 3.27. The molecule has 2 aliphatic carbocycles. The zero-order valence-electron chi connectivity index (χ0n) is 15.0. The van der Waals surface area contributed by atoms with Gasteiger partial charge in [0.05, 0.1) is 5.56 Å². The van der Waals surface area contributed by atoms with E-state index in [1.807, 2.05) is 0 Å². The van der Waals surface area contributed by atoms with Gasteiger partial charge in [0.15, 0.2) is 12.4 Å². The molecule has 4 rings (SSSR count). The van der Waals surface area contributed by atoms with Crippen molar-refractivity contribution in [2.45, 2.75) is 57.4 Å². The smallest absolute Gasteiger partial charge is 0.374 e. The third-order valence-corrected chi connectivity index (χ3v) is 5.94. The monoisotopic (exact) mass is 357 g/mol. The fourth-order valence-electron chi connectivity index (χ4n) is 4.59. The molecule has 0 radical (unpaired) electrons. The van der Waals surface area contributed by atoms with Crippen molar-refractivity contribution in [1.82, 2.24) is 5.32 Å². The Labute approximate surface area is 153 Å². The van der Waals surface area contributed by atoms with E-state index in [4.69, 9.17) is 0 Å². The summed E-state index contributed by atoms with van der Waals surface area (Å²) in [5.74, 6) is -0.113. The number of benzene rings is 1. The Hall–Kier alpha value is -2.17. The fourth-order valence-corrected chi connectivity index (χ4v) is 4.59. The number of halogens is 1. The van der Waals surface area contributed by atoms with Crippen LogP contribution < -0.4 is 5.32 Å². The molecule has 1 heterocycles. The number of carbonyl (C=O) groups excluding carboxylic acids is 1. The zero-order chi connectivity index (χ0) is 18.1. The second-order valence-electron chi connectivity index (χ2n) is 7.77. The fraction of sp³-hybridized carbons (Fsp3) is 0.524. The van der Waals surface area contributed by atoms with Crippen molar-refractivity contribution in [3.8, 4) is 0 Å². The first-order valence-corrected chi connectivity index (χ1v) is 9.78. The molecule has 138 valence electrons. The van der Waals surface area contributed by atoms with Crippen molar-refractivity contribution in [2.75, 3.05) is 6.54 Å². The lowest BCUT2D eigenvalue weighted by Gasteiger charge is -2.09. The van der Waals surface area contributed by atoms with E-state index in [0.29, 0.717) is 29.3 Å². The van der Waals surface area contributed by atoms with Crippen LogP contribution in [-0.4, -0.2) is 34.1 Å². The van der Waals surface area contributed by atoms with Gasteiger partial charge in [0, 0.05) is 18.0 Å². The zero-order valence-corrected chi connectivity index (χ0v) is 15.0. The number of hydrogen-bond acceptors (Lipinski definition) is 1. The molecule has 2 fully saturated rings. The maximum absolute atomic E-state index is 14.5. The molecule has 0 spiro atoms. The highest BCUT2D eigenvalue weighted by atomic mass is 19.1. The Morgan fingerprint density at radius 3 is 2.62 bits per heavy atom. The van der Waals surface area contributed by atoms with Gasteiger partial charge in [-0.2, -0.15) is 8.97 Å². The van der Waals surface area contributed by atoms with Gasteiger partial charge < -0.3 is 10.4 Å². The molecule has 0 saturated heterocycles. The minimum atomic E-state index is -0.355. The first-order chi connectivity index (χ1) is 12.6. The summed E-state index contributed by atoms with van der Waals surface area (Å²) in [6.45, 7) is 0.599. The number of rotatable bonds is 4. The molecule has 4 nitrogen and oxygen atoms in total. The maximum atomic E-state index is 14.5. The molecular formula is C21H26FN2O2+. The van der Waals surface area contributed by atoms with Gasteiger partial charge in [0.2, 0.25) is 5.91 Å². The van der Waals surface area contributed by atoms with Crippen LogP contribution in [0.5, 0.6) is 0 Å². The number of nitrogens with zero attached hydrogens (tertiary/aromatic N) is 1. The van der Waals surface area contributed by atoms with Crippen molar-refractivity contribution >= 4 is 23.1 Å². The van der Waals surface area contributed by atoms with E-state index in [0.717, 1.165) is 38.5 Å². The highest BCUT2D eigenvalue weighted by Crippen LogP contribution is 2.37. The van der Waals surface area contributed by atoms with Crippen LogP contribution in [-0.2, 0) is 4.79 Å². The van der Waals surface area contributed by atoms with Crippen molar-refractivity contribution in [2.24, 2.45) is 5.92 Å². The molecule has 2 N–H and O–H groups in total. The van der Waals surface area contributed by atoms with Crippen LogP contribution in [0.3, 0.4) is 0 Å². The summed E-state index contributed by atoms with van der Waals surface area (Å²) in [6, 6.07) is 5.03. The summed E-state index contributed by atoms with van der Waals surface area (Å²) in [5, 5.41) is 13.8. The first-order valence-electron chi connectivity index (χ1n) is 9.78. The standard InChI is InChI=1S/C21H25FN2O2/c22-18-11-5-10-16-17(12-19(25)23-15-8-3-4-9-15)21(26)24(20(16)18)13-14-6-1-2-7-14/h5,10-12,14-15H,1-4,6-9,13H2,(H,23,25)/p+1/b17-12+. The van der Waals surface area contributed by atoms with E-state index < -0.39 is 0 Å². The summed E-state index contributed by atoms with van der Waals surface area (Å²) in [5.41, 5.74) is 1.42. The number of hydrogen-bond donors (Lipinski definition) is 2. The predicted octanol–water partition coefficient (Wildman–Crippen LogP) is 4.07. The minimum absolute atomic E-state index is 0.00132. The number of para-hydroxylation sites is 1. The van der Waals surface area contributed by atoms with E-state index in [1.165, 1.54) is 25.0 Å². The van der Waals surface area contributed by atoms with E-state index in [1.54, 1.807) is 16.7 Å². The molecule has 26 heavy (non-hydrogen) atoms. The lowest BCUT2D eigenvalue weighted by atomic mass is 10.1. The summed E-state index contributed by atoms with van der Waals surface area (Å²) in [4.78, 5) is 12.4. The molecule has 1 aliphatic heterocycles. The van der Waals surface area contributed by atoms with Gasteiger partial charge in [0.25, 0.3) is 5.69 Å². The number of amides is 1.